The minimum Gasteiger partial charge on any atom is -0.487 e. The van der Waals surface area contributed by atoms with E-state index in [2.05, 4.69) is 55.3 Å². The Kier molecular flexibility index (Phi) is 14.2. The predicted molar refractivity (Wildman–Crippen MR) is 222 cm³/mol. The molecular weight excluding hydrogens is 814 g/mol. The number of aliphatic imine (C=N–C) groups is 1. The van der Waals surface area contributed by atoms with E-state index in [9.17, 15) is 14.4 Å². The van der Waals surface area contributed by atoms with Gasteiger partial charge in [0.15, 0.2) is 5.17 Å². The van der Waals surface area contributed by atoms with Crippen LogP contribution in [-0.4, -0.2) is 33.5 Å². The Bertz CT molecular complexity index is 2070. The van der Waals surface area contributed by atoms with Crippen molar-refractivity contribution >= 4 is 72.6 Å². The number of halogens is 2. The maximum absolute atomic E-state index is 14.2. The van der Waals surface area contributed by atoms with Gasteiger partial charge in [0.1, 0.15) is 17.9 Å². The molecular formula is C43H37Br2N3O4S. The lowest BCUT2D eigenvalue weighted by atomic mass is 9.99. The molecule has 10 heteroatoms. The SMILES string of the molecule is C=C/C=C\C(=C/C)N1C(=O)/C(=C/c2cc(Br)c(OCc3ccc(Br)cc3)c(CC=C)c2)C(=O)N=C1SCC(=O)NC(c1ccccc1)c1ccccc1. The van der Waals surface area contributed by atoms with Crippen LogP contribution < -0.4 is 10.1 Å². The van der Waals surface area contributed by atoms with Gasteiger partial charge in [-0.2, -0.15) is 4.99 Å². The van der Waals surface area contributed by atoms with Crippen molar-refractivity contribution in [1.29, 1.82) is 0 Å². The number of hydrogen-bond acceptors (Lipinski definition) is 5. The number of amides is 3. The molecule has 7 nitrogen and oxygen atoms in total. The normalized spacial score (nSPS) is 14.1. The number of nitrogens with one attached hydrogen (secondary N) is 1. The molecule has 0 saturated carbocycles. The number of ether oxygens (including phenoxy) is 1. The third-order valence-electron chi connectivity index (χ3n) is 8.03. The molecule has 0 aliphatic carbocycles. The molecule has 0 bridgehead atoms. The van der Waals surface area contributed by atoms with Crippen molar-refractivity contribution in [3.8, 4) is 5.75 Å². The quantitative estimate of drug-likeness (QED) is 0.0591. The third kappa shape index (κ3) is 10.3. The molecule has 0 fully saturated rings. The van der Waals surface area contributed by atoms with Gasteiger partial charge in [0, 0.05) is 10.2 Å². The second-order valence-corrected chi connectivity index (χ2v) is 14.4. The fourth-order valence-electron chi connectivity index (χ4n) is 5.52. The number of thioether (sulfide) groups is 1. The second kappa shape index (κ2) is 19.2. The van der Waals surface area contributed by atoms with Crippen LogP contribution in [0.1, 0.15) is 40.8 Å². The summed E-state index contributed by atoms with van der Waals surface area (Å²) >= 11 is 8.11. The largest absolute Gasteiger partial charge is 0.487 e. The number of nitrogens with zero attached hydrogens (tertiary/aromatic N) is 2. The first-order valence-electron chi connectivity index (χ1n) is 16.7. The van der Waals surface area contributed by atoms with Crippen molar-refractivity contribution in [3.63, 3.8) is 0 Å². The Labute approximate surface area is 331 Å². The Morgan fingerprint density at radius 1 is 0.962 bits per heavy atom. The summed E-state index contributed by atoms with van der Waals surface area (Å²) in [5.74, 6) is -1.02. The lowest BCUT2D eigenvalue weighted by Gasteiger charge is -2.28. The van der Waals surface area contributed by atoms with E-state index in [4.69, 9.17) is 4.74 Å². The molecule has 0 atom stereocenters. The summed E-state index contributed by atoms with van der Waals surface area (Å²) in [5.41, 5.74) is 4.61. The van der Waals surface area contributed by atoms with Gasteiger partial charge >= 0.3 is 0 Å². The molecule has 0 spiro atoms. The average Bonchev–Trinajstić information content (AvgIpc) is 3.16. The molecule has 1 heterocycles. The van der Waals surface area contributed by atoms with E-state index >= 15 is 0 Å². The van der Waals surface area contributed by atoms with Gasteiger partial charge in [0.25, 0.3) is 11.8 Å². The zero-order chi connectivity index (χ0) is 37.7. The molecule has 4 aromatic carbocycles. The number of rotatable bonds is 14. The van der Waals surface area contributed by atoms with E-state index in [1.165, 1.54) is 11.0 Å². The Balaban J connectivity index is 1.42. The molecule has 0 aromatic heterocycles. The minimum atomic E-state index is -0.708. The summed E-state index contributed by atoms with van der Waals surface area (Å²) in [7, 11) is 0. The maximum atomic E-state index is 14.2. The second-order valence-electron chi connectivity index (χ2n) is 11.7. The van der Waals surface area contributed by atoms with Crippen LogP contribution in [0, 0.1) is 0 Å². The number of amidine groups is 1. The summed E-state index contributed by atoms with van der Waals surface area (Å²) < 4.78 is 7.85. The van der Waals surface area contributed by atoms with Crippen molar-refractivity contribution in [1.82, 2.24) is 10.2 Å². The highest BCUT2D eigenvalue weighted by atomic mass is 79.9. The fraction of sp³-hybridized carbons (Fsp3) is 0.116. The van der Waals surface area contributed by atoms with Crippen LogP contribution in [0.15, 0.2) is 166 Å². The molecule has 0 saturated heterocycles. The molecule has 3 amide bonds. The van der Waals surface area contributed by atoms with E-state index in [1.54, 1.807) is 43.4 Å². The molecule has 5 rings (SSSR count). The van der Waals surface area contributed by atoms with Crippen molar-refractivity contribution < 1.29 is 19.1 Å². The lowest BCUT2D eigenvalue weighted by molar-refractivity contribution is -0.126. The average molecular weight is 852 g/mol. The Morgan fingerprint density at radius 3 is 2.23 bits per heavy atom. The van der Waals surface area contributed by atoms with Gasteiger partial charge in [0.2, 0.25) is 5.91 Å². The van der Waals surface area contributed by atoms with E-state index in [-0.39, 0.29) is 22.4 Å². The van der Waals surface area contributed by atoms with Gasteiger partial charge in [-0.15, -0.1) is 6.58 Å². The summed E-state index contributed by atoms with van der Waals surface area (Å²) in [4.78, 5) is 47.0. The third-order valence-corrected chi connectivity index (χ3v) is 10.1. The van der Waals surface area contributed by atoms with Crippen LogP contribution in [0.3, 0.4) is 0 Å². The number of hydrogen-bond donors (Lipinski definition) is 1. The van der Waals surface area contributed by atoms with Crippen molar-refractivity contribution in [2.24, 2.45) is 4.99 Å². The monoisotopic (exact) mass is 849 g/mol. The zero-order valence-electron chi connectivity index (χ0n) is 29.0. The standard InChI is InChI=1S/C43H37Br2N3O4S/c1-4-7-19-35(6-3)48-42(51)36(25-30-24-33(14-5-2)40(37(45)26-30)52-27-29-20-22-34(44)23-21-29)41(50)47-43(48)53-28-38(49)46-39(31-15-10-8-11-16-31)32-17-12-9-13-18-32/h4-13,15-26,39H,1-2,14,27-28H2,3H3,(H,46,49)/b19-7-,35-6+,36-25+. The molecule has 1 aliphatic heterocycles. The first-order chi connectivity index (χ1) is 25.7. The van der Waals surface area contributed by atoms with Gasteiger partial charge in [-0.25, -0.2) is 0 Å². The molecule has 1 aliphatic rings. The van der Waals surface area contributed by atoms with Gasteiger partial charge in [-0.3, -0.25) is 19.3 Å². The van der Waals surface area contributed by atoms with Crippen LogP contribution in [-0.2, 0) is 27.4 Å². The summed E-state index contributed by atoms with van der Waals surface area (Å²) in [5, 5.41) is 3.20. The van der Waals surface area contributed by atoms with E-state index in [0.717, 1.165) is 38.5 Å². The van der Waals surface area contributed by atoms with Crippen molar-refractivity contribution in [2.45, 2.75) is 26.0 Å². The van der Waals surface area contributed by atoms with Crippen LogP contribution in [0.4, 0.5) is 0 Å². The Hall–Kier alpha value is -5.03. The van der Waals surface area contributed by atoms with Crippen LogP contribution in [0.2, 0.25) is 0 Å². The van der Waals surface area contributed by atoms with Gasteiger partial charge < -0.3 is 10.1 Å². The highest BCUT2D eigenvalue weighted by molar-refractivity contribution is 9.10. The van der Waals surface area contributed by atoms with E-state index < -0.39 is 17.9 Å². The van der Waals surface area contributed by atoms with Crippen LogP contribution in [0.25, 0.3) is 6.08 Å². The minimum absolute atomic E-state index is 0.0904. The Morgan fingerprint density at radius 2 is 1.62 bits per heavy atom. The molecule has 53 heavy (non-hydrogen) atoms. The highest BCUT2D eigenvalue weighted by Gasteiger charge is 2.35. The predicted octanol–water partition coefficient (Wildman–Crippen LogP) is 9.91. The number of allylic oxidation sites excluding steroid dienone is 5. The van der Waals surface area contributed by atoms with Crippen molar-refractivity contribution in [2.75, 3.05) is 5.75 Å². The molecule has 1 N–H and O–H groups in total. The first-order valence-corrected chi connectivity index (χ1v) is 19.3. The smallest absolute Gasteiger partial charge is 0.285 e. The molecule has 268 valence electrons. The summed E-state index contributed by atoms with van der Waals surface area (Å²) in [6.45, 7) is 9.77. The molecule has 0 unspecified atom stereocenters. The van der Waals surface area contributed by atoms with E-state index in [0.29, 0.717) is 34.5 Å². The zero-order valence-corrected chi connectivity index (χ0v) is 33.0. The molecule has 4 aromatic rings. The number of carbonyl (C=O) groups excluding carboxylic acids is 3. The number of carbonyl (C=O) groups is 3. The van der Waals surface area contributed by atoms with Gasteiger partial charge in [-0.05, 0) is 93.5 Å². The van der Waals surface area contributed by atoms with Gasteiger partial charge in [0.05, 0.1) is 16.3 Å². The summed E-state index contributed by atoms with van der Waals surface area (Å²) in [6, 6.07) is 30.5. The number of benzene rings is 4. The molecule has 0 radical (unpaired) electrons. The van der Waals surface area contributed by atoms with Crippen LogP contribution in [0.5, 0.6) is 5.75 Å². The summed E-state index contributed by atoms with van der Waals surface area (Å²) in [6.07, 6.45) is 10.5. The highest BCUT2D eigenvalue weighted by Crippen LogP contribution is 2.34. The lowest BCUT2D eigenvalue weighted by Crippen LogP contribution is -2.42. The van der Waals surface area contributed by atoms with E-state index in [1.807, 2.05) is 91.0 Å². The van der Waals surface area contributed by atoms with Crippen molar-refractivity contribution in [3.05, 3.63) is 189 Å². The van der Waals surface area contributed by atoms with Crippen LogP contribution >= 0.6 is 43.6 Å². The topological polar surface area (TPSA) is 88.1 Å². The first kappa shape index (κ1) is 39.2. The van der Waals surface area contributed by atoms with Gasteiger partial charge in [-0.1, -0.05) is 131 Å². The fourth-order valence-corrected chi connectivity index (χ4v) is 7.23. The maximum Gasteiger partial charge on any atom is 0.285 e.